The number of aromatic nitrogens is 1. The van der Waals surface area contributed by atoms with E-state index < -0.39 is 57.2 Å². The third kappa shape index (κ3) is 3.83. The number of aryl methyl sites for hydroxylation is 1. The van der Waals surface area contributed by atoms with Crippen LogP contribution in [0.15, 0.2) is 29.4 Å². The van der Waals surface area contributed by atoms with Crippen LogP contribution in [0, 0.1) is 30.2 Å². The first-order chi connectivity index (χ1) is 12.1. The van der Waals surface area contributed by atoms with Gasteiger partial charge < -0.3 is 5.11 Å². The van der Waals surface area contributed by atoms with Crippen molar-refractivity contribution in [3.8, 4) is 0 Å². The molecular formula is C15H12F4N2O4S. The second kappa shape index (κ2) is 7.38. The number of aliphatic carboxylic acids is 1. The van der Waals surface area contributed by atoms with Crippen LogP contribution in [0.25, 0.3) is 0 Å². The molecule has 0 aliphatic heterocycles. The number of pyridine rings is 1. The minimum atomic E-state index is -5.22. The summed E-state index contributed by atoms with van der Waals surface area (Å²) in [6.07, 6.45) is 2.63. The summed E-state index contributed by atoms with van der Waals surface area (Å²) >= 11 is 0. The number of benzene rings is 1. The summed E-state index contributed by atoms with van der Waals surface area (Å²) in [5.41, 5.74) is 0.770. The molecule has 0 radical (unpaired) electrons. The summed E-state index contributed by atoms with van der Waals surface area (Å²) in [6.45, 7) is -0.232. The number of rotatable bonds is 6. The third-order valence-electron chi connectivity index (χ3n) is 3.48. The predicted octanol–water partition coefficient (Wildman–Crippen LogP) is 2.22. The van der Waals surface area contributed by atoms with Crippen molar-refractivity contribution in [3.05, 3.63) is 58.9 Å². The fourth-order valence-corrected chi connectivity index (χ4v) is 3.63. The van der Waals surface area contributed by atoms with E-state index in [2.05, 4.69) is 4.98 Å². The van der Waals surface area contributed by atoms with Gasteiger partial charge in [0.15, 0.2) is 28.2 Å². The highest BCUT2D eigenvalue weighted by atomic mass is 32.2. The van der Waals surface area contributed by atoms with Gasteiger partial charge in [-0.05, 0) is 24.1 Å². The molecule has 0 aliphatic carbocycles. The Morgan fingerprint density at radius 2 is 1.77 bits per heavy atom. The molecule has 6 nitrogen and oxygen atoms in total. The molecule has 11 heteroatoms. The van der Waals surface area contributed by atoms with Crippen molar-refractivity contribution < 1.29 is 35.9 Å². The molecule has 0 saturated heterocycles. The first kappa shape index (κ1) is 19.8. The molecule has 0 amide bonds. The zero-order valence-corrected chi connectivity index (χ0v) is 14.0. The normalized spacial score (nSPS) is 11.8. The Morgan fingerprint density at radius 1 is 1.19 bits per heavy atom. The number of carbonyl (C=O) groups is 1. The molecule has 0 bridgehead atoms. The van der Waals surface area contributed by atoms with E-state index in [9.17, 15) is 30.8 Å². The van der Waals surface area contributed by atoms with Crippen LogP contribution in [-0.4, -0.2) is 35.3 Å². The molecule has 140 valence electrons. The van der Waals surface area contributed by atoms with E-state index in [1.54, 1.807) is 6.92 Å². The number of carboxylic acids is 1. The van der Waals surface area contributed by atoms with E-state index >= 15 is 0 Å². The number of hydrogen-bond acceptors (Lipinski definition) is 4. The number of halogens is 4. The highest BCUT2D eigenvalue weighted by Gasteiger charge is 2.35. The highest BCUT2D eigenvalue weighted by molar-refractivity contribution is 7.89. The van der Waals surface area contributed by atoms with E-state index in [4.69, 9.17) is 5.11 Å². The standard InChI is InChI=1S/C15H12F4N2O4S/c1-8-2-3-20-5-9(8)6-21(7-12(22)23)26(24,25)15-13(18)10(16)4-11(17)14(15)19/h2-5H,6-7H2,1H3,(H,22,23). The van der Waals surface area contributed by atoms with Gasteiger partial charge >= 0.3 is 5.97 Å². The van der Waals surface area contributed by atoms with Gasteiger partial charge in [-0.3, -0.25) is 9.78 Å². The average Bonchev–Trinajstić information content (AvgIpc) is 2.54. The molecule has 1 heterocycles. The Kier molecular flexibility index (Phi) is 5.62. The number of nitrogens with zero attached hydrogens (tertiary/aromatic N) is 2. The van der Waals surface area contributed by atoms with Gasteiger partial charge in [-0.2, -0.15) is 4.31 Å². The van der Waals surface area contributed by atoms with Crippen LogP contribution < -0.4 is 0 Å². The van der Waals surface area contributed by atoms with Crippen LogP contribution >= 0.6 is 0 Å². The van der Waals surface area contributed by atoms with Crippen molar-refractivity contribution in [2.75, 3.05) is 6.54 Å². The Hall–Kier alpha value is -2.53. The number of carboxylic acid groups (broad SMARTS) is 1. The van der Waals surface area contributed by atoms with Crippen LogP contribution in [0.3, 0.4) is 0 Å². The third-order valence-corrected chi connectivity index (χ3v) is 5.29. The summed E-state index contributed by atoms with van der Waals surface area (Å²) < 4.78 is 79.9. The maximum Gasteiger partial charge on any atom is 0.318 e. The van der Waals surface area contributed by atoms with Crippen LogP contribution in [-0.2, 0) is 21.4 Å². The predicted molar refractivity (Wildman–Crippen MR) is 80.5 cm³/mol. The quantitative estimate of drug-likeness (QED) is 0.602. The molecule has 0 fully saturated rings. The van der Waals surface area contributed by atoms with Crippen LogP contribution in [0.5, 0.6) is 0 Å². The SMILES string of the molecule is Cc1ccncc1CN(CC(=O)O)S(=O)(=O)c1c(F)c(F)cc(F)c1F. The minimum absolute atomic E-state index is 0.142. The lowest BCUT2D eigenvalue weighted by molar-refractivity contribution is -0.137. The smallest absolute Gasteiger partial charge is 0.318 e. The van der Waals surface area contributed by atoms with Crippen molar-refractivity contribution in [2.24, 2.45) is 0 Å². The maximum atomic E-state index is 13.9. The Morgan fingerprint density at radius 3 is 2.27 bits per heavy atom. The van der Waals surface area contributed by atoms with Crippen molar-refractivity contribution in [3.63, 3.8) is 0 Å². The van der Waals surface area contributed by atoms with Gasteiger partial charge in [-0.15, -0.1) is 0 Å². The molecule has 0 atom stereocenters. The van der Waals surface area contributed by atoms with Gasteiger partial charge in [0.05, 0.1) is 0 Å². The van der Waals surface area contributed by atoms with E-state index in [-0.39, 0.29) is 15.9 Å². The molecule has 0 saturated carbocycles. The van der Waals surface area contributed by atoms with Gasteiger partial charge in [-0.1, -0.05) is 0 Å². The monoisotopic (exact) mass is 392 g/mol. The zero-order chi connectivity index (χ0) is 19.6. The lowest BCUT2D eigenvalue weighted by Gasteiger charge is -2.22. The van der Waals surface area contributed by atoms with E-state index in [1.165, 1.54) is 18.5 Å². The van der Waals surface area contributed by atoms with Crippen LogP contribution in [0.4, 0.5) is 17.6 Å². The molecule has 1 aromatic heterocycles. The van der Waals surface area contributed by atoms with Crippen molar-refractivity contribution in [1.29, 1.82) is 0 Å². The van der Waals surface area contributed by atoms with Gasteiger partial charge in [0.1, 0.15) is 6.54 Å². The topological polar surface area (TPSA) is 87.6 Å². The molecular weight excluding hydrogens is 380 g/mol. The molecule has 1 N–H and O–H groups in total. The van der Waals surface area contributed by atoms with Crippen LogP contribution in [0.2, 0.25) is 0 Å². The first-order valence-corrected chi connectivity index (χ1v) is 8.44. The second-order valence-corrected chi connectivity index (χ2v) is 7.14. The fraction of sp³-hybridized carbons (Fsp3) is 0.200. The fourth-order valence-electron chi connectivity index (χ4n) is 2.14. The lowest BCUT2D eigenvalue weighted by atomic mass is 10.1. The molecule has 0 unspecified atom stereocenters. The van der Waals surface area contributed by atoms with Gasteiger partial charge in [0.2, 0.25) is 10.0 Å². The molecule has 26 heavy (non-hydrogen) atoms. The minimum Gasteiger partial charge on any atom is -0.480 e. The summed E-state index contributed by atoms with van der Waals surface area (Å²) in [6, 6.07) is 1.36. The van der Waals surface area contributed by atoms with E-state index in [0.717, 1.165) is 0 Å². The second-order valence-electron chi connectivity index (χ2n) is 5.27. The highest BCUT2D eigenvalue weighted by Crippen LogP contribution is 2.28. The molecule has 2 rings (SSSR count). The van der Waals surface area contributed by atoms with Crippen molar-refractivity contribution in [1.82, 2.24) is 9.29 Å². The van der Waals surface area contributed by atoms with Crippen molar-refractivity contribution >= 4 is 16.0 Å². The Balaban J connectivity index is 2.61. The summed E-state index contributed by atoms with van der Waals surface area (Å²) in [5, 5.41) is 8.93. The maximum absolute atomic E-state index is 13.9. The van der Waals surface area contributed by atoms with Crippen molar-refractivity contribution in [2.45, 2.75) is 18.4 Å². The Labute approximate surface area is 145 Å². The summed E-state index contributed by atoms with van der Waals surface area (Å²) in [4.78, 5) is 12.9. The average molecular weight is 392 g/mol. The number of hydrogen-bond donors (Lipinski definition) is 1. The number of sulfonamides is 1. The summed E-state index contributed by atoms with van der Waals surface area (Å²) in [5.74, 6) is -9.75. The van der Waals surface area contributed by atoms with Crippen LogP contribution in [0.1, 0.15) is 11.1 Å². The Bertz CT molecular complexity index is 940. The van der Waals surface area contributed by atoms with Gasteiger partial charge in [-0.25, -0.2) is 26.0 Å². The molecule has 0 spiro atoms. The molecule has 2 aromatic rings. The van der Waals surface area contributed by atoms with Gasteiger partial charge in [0.25, 0.3) is 0 Å². The van der Waals surface area contributed by atoms with E-state index in [1.807, 2.05) is 0 Å². The molecule has 0 aliphatic rings. The zero-order valence-electron chi connectivity index (χ0n) is 13.2. The van der Waals surface area contributed by atoms with Gasteiger partial charge in [0, 0.05) is 25.0 Å². The molecule has 1 aromatic carbocycles. The largest absolute Gasteiger partial charge is 0.480 e. The lowest BCUT2D eigenvalue weighted by Crippen LogP contribution is -2.36. The first-order valence-electron chi connectivity index (χ1n) is 7.00. The van der Waals surface area contributed by atoms with E-state index in [0.29, 0.717) is 5.56 Å². The summed E-state index contributed by atoms with van der Waals surface area (Å²) in [7, 11) is -5.22.